The van der Waals surface area contributed by atoms with Gasteiger partial charge in [-0.3, -0.25) is 0 Å². The second kappa shape index (κ2) is 3.99. The molecule has 0 unspecified atom stereocenters. The van der Waals surface area contributed by atoms with E-state index in [-0.39, 0.29) is 22.3 Å². The van der Waals surface area contributed by atoms with Crippen LogP contribution in [-0.4, -0.2) is 19.4 Å². The SMILES string of the molecule is CCS(=O)(=O)[C@@H](C(C)C)C(C)(C)C. The molecule has 0 aromatic carbocycles. The number of hydrogen-bond acceptors (Lipinski definition) is 2. The fourth-order valence-electron chi connectivity index (χ4n) is 2.13. The van der Waals surface area contributed by atoms with Gasteiger partial charge in [0.1, 0.15) is 0 Å². The fraction of sp³-hybridized carbons (Fsp3) is 1.00. The Kier molecular flexibility index (Phi) is 3.97. The van der Waals surface area contributed by atoms with E-state index in [4.69, 9.17) is 0 Å². The highest BCUT2D eigenvalue weighted by Gasteiger charge is 2.37. The van der Waals surface area contributed by atoms with Crippen molar-refractivity contribution < 1.29 is 8.42 Å². The molecule has 0 aromatic heterocycles. The summed E-state index contributed by atoms with van der Waals surface area (Å²) in [5.74, 6) is 0.428. The molecule has 1 atom stereocenters. The van der Waals surface area contributed by atoms with Crippen molar-refractivity contribution in [2.45, 2.75) is 46.8 Å². The van der Waals surface area contributed by atoms with Crippen LogP contribution in [0.3, 0.4) is 0 Å². The minimum atomic E-state index is -2.92. The van der Waals surface area contributed by atoms with Gasteiger partial charge in [-0.2, -0.15) is 0 Å². The van der Waals surface area contributed by atoms with E-state index in [2.05, 4.69) is 0 Å². The van der Waals surface area contributed by atoms with Crippen molar-refractivity contribution in [2.24, 2.45) is 11.3 Å². The number of sulfone groups is 1. The molecular formula is C10H22O2S. The van der Waals surface area contributed by atoms with Crippen molar-refractivity contribution in [1.29, 1.82) is 0 Å². The molecule has 0 fully saturated rings. The van der Waals surface area contributed by atoms with Crippen LogP contribution in [0.25, 0.3) is 0 Å². The number of hydrogen-bond donors (Lipinski definition) is 0. The molecule has 0 amide bonds. The quantitative estimate of drug-likeness (QED) is 0.711. The number of rotatable bonds is 3. The van der Waals surface area contributed by atoms with E-state index in [1.165, 1.54) is 0 Å². The molecule has 0 rings (SSSR count). The van der Waals surface area contributed by atoms with Crippen LogP contribution in [-0.2, 0) is 9.84 Å². The topological polar surface area (TPSA) is 34.1 Å². The Bertz CT molecular complexity index is 245. The highest BCUT2D eigenvalue weighted by Crippen LogP contribution is 2.31. The summed E-state index contributed by atoms with van der Waals surface area (Å²) < 4.78 is 23.6. The maximum absolute atomic E-state index is 11.8. The van der Waals surface area contributed by atoms with Gasteiger partial charge in [-0.05, 0) is 11.3 Å². The summed E-state index contributed by atoms with van der Waals surface area (Å²) in [7, 11) is -2.92. The van der Waals surface area contributed by atoms with Crippen LogP contribution in [0.15, 0.2) is 0 Å². The Morgan fingerprint density at radius 3 is 1.62 bits per heavy atom. The minimum Gasteiger partial charge on any atom is -0.229 e. The second-order valence-corrected chi connectivity index (χ2v) is 7.39. The minimum absolute atomic E-state index is 0.164. The van der Waals surface area contributed by atoms with Gasteiger partial charge in [0.2, 0.25) is 0 Å². The normalized spacial score (nSPS) is 16.2. The van der Waals surface area contributed by atoms with E-state index in [0.717, 1.165) is 0 Å². The zero-order chi connectivity index (χ0) is 10.9. The van der Waals surface area contributed by atoms with Crippen molar-refractivity contribution in [3.05, 3.63) is 0 Å². The molecule has 3 heteroatoms. The van der Waals surface area contributed by atoms with Crippen LogP contribution in [0.1, 0.15) is 41.5 Å². The summed E-state index contributed by atoms with van der Waals surface area (Å²) in [6, 6.07) is 0. The van der Waals surface area contributed by atoms with Gasteiger partial charge in [-0.25, -0.2) is 8.42 Å². The lowest BCUT2D eigenvalue weighted by Gasteiger charge is -2.33. The predicted octanol–water partition coefficient (Wildman–Crippen LogP) is 2.49. The lowest BCUT2D eigenvalue weighted by molar-refractivity contribution is 0.320. The molecule has 0 N–H and O–H groups in total. The average Bonchev–Trinajstić information content (AvgIpc) is 1.82. The summed E-state index contributed by atoms with van der Waals surface area (Å²) in [6.45, 7) is 11.6. The summed E-state index contributed by atoms with van der Waals surface area (Å²) >= 11 is 0. The molecule has 0 spiro atoms. The van der Waals surface area contributed by atoms with E-state index in [9.17, 15) is 8.42 Å². The Morgan fingerprint density at radius 1 is 1.15 bits per heavy atom. The van der Waals surface area contributed by atoms with Gasteiger partial charge < -0.3 is 0 Å². The Labute approximate surface area is 82.6 Å². The molecule has 80 valence electrons. The second-order valence-electron chi connectivity index (χ2n) is 4.98. The molecule has 0 aliphatic carbocycles. The van der Waals surface area contributed by atoms with Crippen LogP contribution >= 0.6 is 0 Å². The first-order valence-electron chi connectivity index (χ1n) is 4.84. The van der Waals surface area contributed by atoms with Crippen LogP contribution in [0.2, 0.25) is 0 Å². The molecule has 2 nitrogen and oxygen atoms in total. The molecular weight excluding hydrogens is 184 g/mol. The fourth-order valence-corrected chi connectivity index (χ4v) is 4.40. The van der Waals surface area contributed by atoms with Crippen molar-refractivity contribution in [3.8, 4) is 0 Å². The zero-order valence-corrected chi connectivity index (χ0v) is 10.4. The average molecular weight is 206 g/mol. The Morgan fingerprint density at radius 2 is 1.54 bits per heavy atom. The molecule has 13 heavy (non-hydrogen) atoms. The summed E-state index contributed by atoms with van der Waals surface area (Å²) in [5, 5.41) is -0.231. The first kappa shape index (κ1) is 12.9. The van der Waals surface area contributed by atoms with Gasteiger partial charge in [0.05, 0.1) is 5.25 Å². The lowest BCUT2D eigenvalue weighted by Crippen LogP contribution is -2.39. The first-order valence-corrected chi connectivity index (χ1v) is 6.56. The van der Waals surface area contributed by atoms with Gasteiger partial charge in [-0.15, -0.1) is 0 Å². The van der Waals surface area contributed by atoms with Crippen molar-refractivity contribution in [1.82, 2.24) is 0 Å². The van der Waals surface area contributed by atoms with Gasteiger partial charge >= 0.3 is 0 Å². The molecule has 0 aliphatic heterocycles. The third-order valence-corrected chi connectivity index (χ3v) is 5.08. The molecule has 0 radical (unpaired) electrons. The van der Waals surface area contributed by atoms with Crippen LogP contribution in [0.5, 0.6) is 0 Å². The first-order chi connectivity index (χ1) is 5.63. The Balaban J connectivity index is 5.07. The van der Waals surface area contributed by atoms with Crippen LogP contribution < -0.4 is 0 Å². The molecule has 0 aromatic rings. The maximum Gasteiger partial charge on any atom is 0.153 e. The van der Waals surface area contributed by atoms with E-state index >= 15 is 0 Å². The van der Waals surface area contributed by atoms with Crippen LogP contribution in [0.4, 0.5) is 0 Å². The third-order valence-electron chi connectivity index (χ3n) is 2.25. The van der Waals surface area contributed by atoms with Crippen molar-refractivity contribution in [3.63, 3.8) is 0 Å². The standard InChI is InChI=1S/C10H22O2S/c1-7-13(11,12)9(8(2)3)10(4,5)6/h8-9H,7H2,1-6H3/t9-/m0/s1. The third kappa shape index (κ3) is 3.29. The van der Waals surface area contributed by atoms with Crippen LogP contribution in [0, 0.1) is 11.3 Å². The summed E-state index contributed by atoms with van der Waals surface area (Å²) in [6.07, 6.45) is 0. The highest BCUT2D eigenvalue weighted by molar-refractivity contribution is 7.92. The zero-order valence-electron chi connectivity index (χ0n) is 9.59. The lowest BCUT2D eigenvalue weighted by atomic mass is 9.85. The van der Waals surface area contributed by atoms with E-state index in [1.54, 1.807) is 6.92 Å². The molecule has 0 saturated carbocycles. The van der Waals surface area contributed by atoms with Gasteiger partial charge in [-0.1, -0.05) is 41.5 Å². The monoisotopic (exact) mass is 206 g/mol. The molecule has 0 heterocycles. The molecule has 0 bridgehead atoms. The van der Waals surface area contributed by atoms with E-state index in [0.29, 0.717) is 0 Å². The van der Waals surface area contributed by atoms with Gasteiger partial charge in [0, 0.05) is 5.75 Å². The summed E-state index contributed by atoms with van der Waals surface area (Å²) in [5.41, 5.74) is -0.164. The largest absolute Gasteiger partial charge is 0.229 e. The molecule has 0 saturated heterocycles. The predicted molar refractivity (Wildman–Crippen MR) is 57.5 cm³/mol. The smallest absolute Gasteiger partial charge is 0.153 e. The van der Waals surface area contributed by atoms with Crippen molar-refractivity contribution in [2.75, 3.05) is 5.75 Å². The van der Waals surface area contributed by atoms with Gasteiger partial charge in [0.25, 0.3) is 0 Å². The van der Waals surface area contributed by atoms with E-state index < -0.39 is 9.84 Å². The van der Waals surface area contributed by atoms with Crippen molar-refractivity contribution >= 4 is 9.84 Å². The molecule has 0 aliphatic rings. The summed E-state index contributed by atoms with van der Waals surface area (Å²) in [4.78, 5) is 0. The van der Waals surface area contributed by atoms with Gasteiger partial charge in [0.15, 0.2) is 9.84 Å². The maximum atomic E-state index is 11.8. The highest BCUT2D eigenvalue weighted by atomic mass is 32.2. The van der Waals surface area contributed by atoms with E-state index in [1.807, 2.05) is 34.6 Å². The Hall–Kier alpha value is -0.0500.